The van der Waals surface area contributed by atoms with Crippen molar-refractivity contribution >= 4 is 17.9 Å². The summed E-state index contributed by atoms with van der Waals surface area (Å²) in [6.45, 7) is 6.42. The molecule has 0 aromatic carbocycles. The number of allylic oxidation sites excluding steroid dienone is 11. The van der Waals surface area contributed by atoms with E-state index in [0.717, 1.165) is 70.6 Å². The van der Waals surface area contributed by atoms with Crippen molar-refractivity contribution in [1.82, 2.24) is 0 Å². The zero-order valence-corrected chi connectivity index (χ0v) is 39.9. The van der Waals surface area contributed by atoms with Gasteiger partial charge in [0.15, 0.2) is 6.10 Å². The van der Waals surface area contributed by atoms with Crippen molar-refractivity contribution in [1.29, 1.82) is 0 Å². The Labute approximate surface area is 376 Å². The van der Waals surface area contributed by atoms with Crippen LogP contribution >= 0.6 is 0 Å². The van der Waals surface area contributed by atoms with Crippen LogP contribution in [-0.2, 0) is 28.6 Å². The van der Waals surface area contributed by atoms with Gasteiger partial charge < -0.3 is 14.2 Å². The van der Waals surface area contributed by atoms with E-state index in [9.17, 15) is 14.4 Å². The van der Waals surface area contributed by atoms with Crippen molar-refractivity contribution in [2.45, 2.75) is 245 Å². The number of hydrogen-bond acceptors (Lipinski definition) is 6. The lowest BCUT2D eigenvalue weighted by atomic mass is 10.1. The summed E-state index contributed by atoms with van der Waals surface area (Å²) in [7, 11) is 0. The molecule has 0 saturated heterocycles. The van der Waals surface area contributed by atoms with Crippen molar-refractivity contribution in [2.24, 2.45) is 0 Å². The van der Waals surface area contributed by atoms with Gasteiger partial charge in [-0.25, -0.2) is 0 Å². The first-order valence-electron chi connectivity index (χ1n) is 25.4. The van der Waals surface area contributed by atoms with Crippen molar-refractivity contribution in [3.05, 3.63) is 72.9 Å². The molecule has 350 valence electrons. The summed E-state index contributed by atoms with van der Waals surface area (Å²) in [5, 5.41) is 0. The van der Waals surface area contributed by atoms with Crippen LogP contribution in [-0.4, -0.2) is 37.2 Å². The summed E-state index contributed by atoms with van der Waals surface area (Å²) in [6, 6.07) is 0. The van der Waals surface area contributed by atoms with Gasteiger partial charge in [0.25, 0.3) is 0 Å². The molecule has 0 aromatic rings. The van der Waals surface area contributed by atoms with Gasteiger partial charge in [-0.05, 0) is 70.6 Å². The molecule has 0 fully saturated rings. The molecule has 0 radical (unpaired) electrons. The van der Waals surface area contributed by atoms with Gasteiger partial charge >= 0.3 is 17.9 Å². The van der Waals surface area contributed by atoms with Gasteiger partial charge in [0.2, 0.25) is 0 Å². The van der Waals surface area contributed by atoms with E-state index < -0.39 is 12.1 Å². The van der Waals surface area contributed by atoms with Crippen LogP contribution in [0, 0.1) is 0 Å². The van der Waals surface area contributed by atoms with E-state index in [1.165, 1.54) is 128 Å². The van der Waals surface area contributed by atoms with Gasteiger partial charge in [0.05, 0.1) is 6.42 Å². The van der Waals surface area contributed by atoms with Crippen molar-refractivity contribution in [3.63, 3.8) is 0 Å². The summed E-state index contributed by atoms with van der Waals surface area (Å²) in [5.41, 5.74) is 0. The van der Waals surface area contributed by atoms with Crippen molar-refractivity contribution in [2.75, 3.05) is 13.2 Å². The standard InChI is InChI=1S/C55H94O6/c1-4-7-10-13-16-19-22-24-26-27-28-30-31-33-36-39-42-45-48-54(57)60-51-52(50-59-53(56)47-44-41-38-35-21-18-15-12-9-6-3)61-55(58)49-46-43-40-37-34-32-29-25-23-20-17-14-11-8-5-2/h8,11,17,20,25-27,29,34,37,43,46,52H,4-7,9-10,12-16,18-19,21-24,28,30-33,35-36,38-42,44-45,47-51H2,1-3H3/b11-8-,20-17-,27-26-,29-25-,37-34-,46-43-. The lowest BCUT2D eigenvalue weighted by molar-refractivity contribution is -0.166. The predicted molar refractivity (Wildman–Crippen MR) is 261 cm³/mol. The molecule has 0 rings (SSSR count). The smallest absolute Gasteiger partial charge is 0.310 e. The minimum Gasteiger partial charge on any atom is -0.462 e. The zero-order valence-electron chi connectivity index (χ0n) is 39.9. The first kappa shape index (κ1) is 57.9. The van der Waals surface area contributed by atoms with Gasteiger partial charge in [-0.1, -0.05) is 222 Å². The monoisotopic (exact) mass is 851 g/mol. The van der Waals surface area contributed by atoms with E-state index in [0.29, 0.717) is 12.8 Å². The van der Waals surface area contributed by atoms with Crippen LogP contribution < -0.4 is 0 Å². The molecule has 1 unspecified atom stereocenters. The van der Waals surface area contributed by atoms with Crippen LogP contribution in [0.1, 0.15) is 239 Å². The Morgan fingerprint density at radius 2 is 0.689 bits per heavy atom. The molecule has 0 amide bonds. The third kappa shape index (κ3) is 47.7. The van der Waals surface area contributed by atoms with Gasteiger partial charge in [0, 0.05) is 12.8 Å². The highest BCUT2D eigenvalue weighted by Crippen LogP contribution is 2.14. The maximum Gasteiger partial charge on any atom is 0.310 e. The predicted octanol–water partition coefficient (Wildman–Crippen LogP) is 16.6. The quantitative estimate of drug-likeness (QED) is 0.0263. The Kier molecular flexibility index (Phi) is 46.9. The second-order valence-electron chi connectivity index (χ2n) is 16.7. The fourth-order valence-corrected chi connectivity index (χ4v) is 6.92. The van der Waals surface area contributed by atoms with E-state index in [1.807, 2.05) is 6.08 Å². The molecule has 0 bridgehead atoms. The summed E-state index contributed by atoms with van der Waals surface area (Å²) < 4.78 is 16.6. The summed E-state index contributed by atoms with van der Waals surface area (Å²) in [5.74, 6) is -1.05. The topological polar surface area (TPSA) is 78.9 Å². The largest absolute Gasteiger partial charge is 0.462 e. The third-order valence-electron chi connectivity index (χ3n) is 10.7. The lowest BCUT2D eigenvalue weighted by Gasteiger charge is -2.18. The molecule has 6 heteroatoms. The van der Waals surface area contributed by atoms with Crippen LogP contribution in [0.4, 0.5) is 0 Å². The molecule has 0 heterocycles. The number of carbonyl (C=O) groups is 3. The summed E-state index contributed by atoms with van der Waals surface area (Å²) in [4.78, 5) is 37.8. The van der Waals surface area contributed by atoms with E-state index in [2.05, 4.69) is 81.5 Å². The van der Waals surface area contributed by atoms with Crippen LogP contribution in [0.2, 0.25) is 0 Å². The molecule has 0 aliphatic rings. The minimum atomic E-state index is -0.828. The normalized spacial score (nSPS) is 12.6. The summed E-state index contributed by atoms with van der Waals surface area (Å²) >= 11 is 0. The Balaban J connectivity index is 4.45. The molecular weight excluding hydrogens is 757 g/mol. The molecule has 1 atom stereocenters. The first-order valence-corrected chi connectivity index (χ1v) is 25.4. The van der Waals surface area contributed by atoms with Crippen LogP contribution in [0.25, 0.3) is 0 Å². The molecule has 6 nitrogen and oxygen atoms in total. The molecular formula is C55H94O6. The molecule has 0 aromatic heterocycles. The van der Waals surface area contributed by atoms with Crippen LogP contribution in [0.15, 0.2) is 72.9 Å². The van der Waals surface area contributed by atoms with Gasteiger partial charge in [-0.2, -0.15) is 0 Å². The maximum absolute atomic E-state index is 12.7. The molecule has 61 heavy (non-hydrogen) atoms. The number of esters is 3. The van der Waals surface area contributed by atoms with Gasteiger partial charge in [0.1, 0.15) is 13.2 Å². The first-order chi connectivity index (χ1) is 30.0. The fourth-order valence-electron chi connectivity index (χ4n) is 6.92. The Bertz CT molecular complexity index is 1160. The maximum atomic E-state index is 12.7. The third-order valence-corrected chi connectivity index (χ3v) is 10.7. The molecule has 0 aliphatic heterocycles. The molecule has 0 spiro atoms. The second kappa shape index (κ2) is 49.5. The average molecular weight is 851 g/mol. The van der Waals surface area contributed by atoms with Crippen LogP contribution in [0.5, 0.6) is 0 Å². The minimum absolute atomic E-state index is 0.0977. The molecule has 0 N–H and O–H groups in total. The van der Waals surface area contributed by atoms with E-state index in [-0.39, 0.29) is 31.6 Å². The summed E-state index contributed by atoms with van der Waals surface area (Å²) in [6.07, 6.45) is 62.0. The average Bonchev–Trinajstić information content (AvgIpc) is 3.26. The van der Waals surface area contributed by atoms with Gasteiger partial charge in [-0.3, -0.25) is 14.4 Å². The fraction of sp³-hybridized carbons (Fsp3) is 0.727. The Morgan fingerprint density at radius 3 is 1.07 bits per heavy atom. The second-order valence-corrected chi connectivity index (χ2v) is 16.7. The van der Waals surface area contributed by atoms with E-state index >= 15 is 0 Å². The van der Waals surface area contributed by atoms with Crippen molar-refractivity contribution < 1.29 is 28.6 Å². The Morgan fingerprint density at radius 1 is 0.361 bits per heavy atom. The zero-order chi connectivity index (χ0) is 44.4. The number of rotatable bonds is 45. The highest BCUT2D eigenvalue weighted by atomic mass is 16.6. The molecule has 0 aliphatic carbocycles. The number of ether oxygens (including phenoxy) is 3. The Hall–Kier alpha value is -3.15. The number of unbranched alkanes of at least 4 members (excludes halogenated alkanes) is 23. The molecule has 0 saturated carbocycles. The van der Waals surface area contributed by atoms with Crippen LogP contribution in [0.3, 0.4) is 0 Å². The van der Waals surface area contributed by atoms with Gasteiger partial charge in [-0.15, -0.1) is 0 Å². The highest BCUT2D eigenvalue weighted by Gasteiger charge is 2.19. The lowest BCUT2D eigenvalue weighted by Crippen LogP contribution is -2.30. The number of hydrogen-bond donors (Lipinski definition) is 0. The van der Waals surface area contributed by atoms with Crippen molar-refractivity contribution in [3.8, 4) is 0 Å². The number of carbonyl (C=O) groups excluding carboxylic acids is 3. The SMILES string of the molecule is CC/C=C\C/C=C\C/C=C\C/C=C\C/C=C\CC(=O)OC(COC(=O)CCCCCCCCC/C=C\CCCCCCCCC)COC(=O)CCCCCCCCCCCC. The highest BCUT2D eigenvalue weighted by molar-refractivity contribution is 5.72. The van der Waals surface area contributed by atoms with E-state index in [4.69, 9.17) is 14.2 Å². The van der Waals surface area contributed by atoms with E-state index in [1.54, 1.807) is 6.08 Å².